The largest absolute Gasteiger partial charge is 0.288 e. The van der Waals surface area contributed by atoms with Crippen LogP contribution in [0.5, 0.6) is 0 Å². The molecule has 0 saturated carbocycles. The van der Waals surface area contributed by atoms with E-state index < -0.39 is 0 Å². The topological polar surface area (TPSA) is 47.8 Å². The summed E-state index contributed by atoms with van der Waals surface area (Å²) < 4.78 is 1.79. The molecule has 2 heterocycles. The van der Waals surface area contributed by atoms with Gasteiger partial charge in [0.05, 0.1) is 11.8 Å². The molecule has 82 valence electrons. The minimum absolute atomic E-state index is 0.00949. The predicted molar refractivity (Wildman–Crippen MR) is 60.2 cm³/mol. The van der Waals surface area contributed by atoms with E-state index in [1.165, 1.54) is 0 Å². The molecule has 2 aromatic rings. The number of carbonyl (C=O) groups is 1. The lowest BCUT2D eigenvalue weighted by molar-refractivity contribution is 0.103. The smallest absolute Gasteiger partial charge is 0.196 e. The van der Waals surface area contributed by atoms with Crippen molar-refractivity contribution in [1.82, 2.24) is 14.8 Å². The van der Waals surface area contributed by atoms with Crippen LogP contribution in [-0.2, 0) is 6.54 Å². The fraction of sp³-hybridized carbons (Fsp3) is 0.250. The van der Waals surface area contributed by atoms with Gasteiger partial charge >= 0.3 is 0 Å². The van der Waals surface area contributed by atoms with Crippen LogP contribution in [0, 0.1) is 0 Å². The second-order valence-corrected chi connectivity index (χ2v) is 3.56. The van der Waals surface area contributed by atoms with Gasteiger partial charge in [-0.15, -0.1) is 0 Å². The van der Waals surface area contributed by atoms with Crippen LogP contribution in [0.3, 0.4) is 0 Å². The van der Waals surface area contributed by atoms with E-state index in [2.05, 4.69) is 17.0 Å². The van der Waals surface area contributed by atoms with Gasteiger partial charge in [-0.2, -0.15) is 5.10 Å². The Morgan fingerprint density at radius 2 is 2.06 bits per heavy atom. The molecule has 0 fully saturated rings. The fourth-order valence-corrected chi connectivity index (χ4v) is 1.50. The van der Waals surface area contributed by atoms with Crippen LogP contribution in [0.4, 0.5) is 0 Å². The quantitative estimate of drug-likeness (QED) is 0.732. The molecule has 2 rings (SSSR count). The number of rotatable bonds is 4. The van der Waals surface area contributed by atoms with E-state index in [0.29, 0.717) is 11.1 Å². The Morgan fingerprint density at radius 1 is 1.31 bits per heavy atom. The highest BCUT2D eigenvalue weighted by Crippen LogP contribution is 2.07. The van der Waals surface area contributed by atoms with Crippen molar-refractivity contribution in [2.75, 3.05) is 0 Å². The number of hydrogen-bond acceptors (Lipinski definition) is 3. The summed E-state index contributed by atoms with van der Waals surface area (Å²) in [6.45, 7) is 2.91. The number of carbonyl (C=O) groups excluding carboxylic acids is 1. The molecular formula is C12H13N3O. The molecule has 0 saturated heterocycles. The van der Waals surface area contributed by atoms with E-state index in [4.69, 9.17) is 0 Å². The Hall–Kier alpha value is -1.97. The zero-order valence-corrected chi connectivity index (χ0v) is 9.13. The molecule has 2 aromatic heterocycles. The van der Waals surface area contributed by atoms with Gasteiger partial charge in [0.15, 0.2) is 5.78 Å². The van der Waals surface area contributed by atoms with Gasteiger partial charge < -0.3 is 0 Å². The minimum atomic E-state index is -0.00949. The molecule has 0 aliphatic carbocycles. The normalized spacial score (nSPS) is 10.3. The molecule has 16 heavy (non-hydrogen) atoms. The molecule has 0 bridgehead atoms. The third-order valence-corrected chi connectivity index (χ3v) is 2.29. The molecule has 0 atom stereocenters. The zero-order valence-electron chi connectivity index (χ0n) is 9.13. The molecule has 4 heteroatoms. The summed E-state index contributed by atoms with van der Waals surface area (Å²) in [6, 6.07) is 3.42. The number of pyridine rings is 1. The summed E-state index contributed by atoms with van der Waals surface area (Å²) in [4.78, 5) is 15.9. The van der Waals surface area contributed by atoms with Crippen LogP contribution >= 0.6 is 0 Å². The lowest BCUT2D eigenvalue weighted by atomic mass is 10.1. The monoisotopic (exact) mass is 215 g/mol. The maximum Gasteiger partial charge on any atom is 0.196 e. The summed E-state index contributed by atoms with van der Waals surface area (Å²) in [5.74, 6) is -0.00949. The summed E-state index contributed by atoms with van der Waals surface area (Å²) in [5, 5.41) is 4.13. The van der Waals surface area contributed by atoms with Crippen LogP contribution in [0.1, 0.15) is 29.3 Å². The molecule has 0 spiro atoms. The Kier molecular flexibility index (Phi) is 3.10. The van der Waals surface area contributed by atoms with Gasteiger partial charge in [-0.25, -0.2) is 0 Å². The molecule has 0 aromatic carbocycles. The number of aromatic nitrogens is 3. The van der Waals surface area contributed by atoms with Gasteiger partial charge in [0.25, 0.3) is 0 Å². The van der Waals surface area contributed by atoms with Crippen LogP contribution in [0.15, 0.2) is 36.9 Å². The van der Waals surface area contributed by atoms with Gasteiger partial charge in [0.1, 0.15) is 0 Å². The van der Waals surface area contributed by atoms with Crippen molar-refractivity contribution in [3.63, 3.8) is 0 Å². The molecule has 0 unspecified atom stereocenters. The van der Waals surface area contributed by atoms with E-state index in [9.17, 15) is 4.79 Å². The van der Waals surface area contributed by atoms with E-state index in [1.807, 2.05) is 0 Å². The molecule has 0 radical (unpaired) electrons. The molecule has 0 aliphatic heterocycles. The summed E-state index contributed by atoms with van der Waals surface area (Å²) in [5.41, 5.74) is 1.27. The highest BCUT2D eigenvalue weighted by molar-refractivity contribution is 6.08. The number of hydrogen-bond donors (Lipinski definition) is 0. The van der Waals surface area contributed by atoms with Crippen LogP contribution < -0.4 is 0 Å². The van der Waals surface area contributed by atoms with E-state index in [-0.39, 0.29) is 5.78 Å². The van der Waals surface area contributed by atoms with Crippen molar-refractivity contribution in [3.05, 3.63) is 48.0 Å². The van der Waals surface area contributed by atoms with Gasteiger partial charge in [0.2, 0.25) is 0 Å². The highest BCUT2D eigenvalue weighted by atomic mass is 16.1. The molecule has 0 N–H and O–H groups in total. The van der Waals surface area contributed by atoms with Crippen molar-refractivity contribution >= 4 is 5.78 Å². The third kappa shape index (κ3) is 2.16. The van der Waals surface area contributed by atoms with Crippen molar-refractivity contribution in [2.24, 2.45) is 0 Å². The first-order valence-corrected chi connectivity index (χ1v) is 5.28. The summed E-state index contributed by atoms with van der Waals surface area (Å²) in [7, 11) is 0. The van der Waals surface area contributed by atoms with E-state index in [0.717, 1.165) is 13.0 Å². The first-order valence-electron chi connectivity index (χ1n) is 5.28. The second-order valence-electron chi connectivity index (χ2n) is 3.56. The Labute approximate surface area is 93.9 Å². The summed E-state index contributed by atoms with van der Waals surface area (Å²) >= 11 is 0. The van der Waals surface area contributed by atoms with Crippen LogP contribution in [0.25, 0.3) is 0 Å². The molecular weight excluding hydrogens is 202 g/mol. The minimum Gasteiger partial charge on any atom is -0.288 e. The van der Waals surface area contributed by atoms with Crippen molar-refractivity contribution < 1.29 is 4.79 Å². The number of ketones is 1. The predicted octanol–water partition coefficient (Wildman–Crippen LogP) is 1.92. The highest BCUT2D eigenvalue weighted by Gasteiger charge is 2.10. The molecule has 0 amide bonds. The number of nitrogens with zero attached hydrogens (tertiary/aromatic N) is 3. The van der Waals surface area contributed by atoms with E-state index in [1.54, 1.807) is 41.6 Å². The fourth-order valence-electron chi connectivity index (χ4n) is 1.50. The van der Waals surface area contributed by atoms with Gasteiger partial charge in [-0.05, 0) is 18.6 Å². The van der Waals surface area contributed by atoms with Crippen molar-refractivity contribution in [2.45, 2.75) is 19.9 Å². The molecule has 4 nitrogen and oxygen atoms in total. The van der Waals surface area contributed by atoms with Gasteiger partial charge in [-0.1, -0.05) is 6.92 Å². The number of aryl methyl sites for hydroxylation is 1. The van der Waals surface area contributed by atoms with Crippen molar-refractivity contribution in [1.29, 1.82) is 0 Å². The average molecular weight is 215 g/mol. The SMILES string of the molecule is CCCn1cc(C(=O)c2ccncc2)cn1. The zero-order chi connectivity index (χ0) is 11.4. The Balaban J connectivity index is 2.21. The Bertz CT molecular complexity index is 476. The Morgan fingerprint density at radius 3 is 2.75 bits per heavy atom. The average Bonchev–Trinajstić information content (AvgIpc) is 2.78. The lowest BCUT2D eigenvalue weighted by Crippen LogP contribution is -2.00. The molecule has 0 aliphatic rings. The van der Waals surface area contributed by atoms with Crippen molar-refractivity contribution in [3.8, 4) is 0 Å². The first-order chi connectivity index (χ1) is 7.81. The van der Waals surface area contributed by atoms with Crippen LogP contribution in [0.2, 0.25) is 0 Å². The van der Waals surface area contributed by atoms with E-state index >= 15 is 0 Å². The first kappa shape index (κ1) is 10.5. The van der Waals surface area contributed by atoms with Gasteiger partial charge in [0, 0.05) is 30.7 Å². The maximum absolute atomic E-state index is 12.0. The van der Waals surface area contributed by atoms with Gasteiger partial charge in [-0.3, -0.25) is 14.5 Å². The maximum atomic E-state index is 12.0. The second kappa shape index (κ2) is 4.70. The standard InChI is InChI=1S/C12H13N3O/c1-2-7-15-9-11(8-14-15)12(16)10-3-5-13-6-4-10/h3-6,8-9H,2,7H2,1H3. The summed E-state index contributed by atoms with van der Waals surface area (Å²) in [6.07, 6.45) is 7.63. The van der Waals surface area contributed by atoms with Crippen LogP contribution in [-0.4, -0.2) is 20.5 Å². The third-order valence-electron chi connectivity index (χ3n) is 2.29. The lowest BCUT2D eigenvalue weighted by Gasteiger charge is -1.97.